The number of anilines is 1. The molecule has 6 heteroatoms. The van der Waals surface area contributed by atoms with Crippen LogP contribution in [-0.4, -0.2) is 10.2 Å². The van der Waals surface area contributed by atoms with Crippen molar-refractivity contribution >= 4 is 5.69 Å². The molecule has 0 aromatic heterocycles. The quantitative estimate of drug-likeness (QED) is 0.805. The SMILES string of the molecule is CC(Nc1c(F)cc(F)cc1F)c1ccc(O)cc1O. The molecule has 0 aliphatic carbocycles. The Hall–Kier alpha value is -2.37. The standard InChI is InChI=1S/C14H12F3NO2/c1-7(10-3-2-9(19)6-13(10)20)18-14-11(16)4-8(15)5-12(14)17/h2-7,18-20H,1H3. The lowest BCUT2D eigenvalue weighted by molar-refractivity contribution is 0.444. The normalized spacial score (nSPS) is 12.2. The Labute approximate surface area is 113 Å². The molecule has 0 spiro atoms. The molecule has 0 saturated carbocycles. The zero-order chi connectivity index (χ0) is 14.9. The molecule has 0 aliphatic rings. The minimum Gasteiger partial charge on any atom is -0.508 e. The predicted octanol–water partition coefficient (Wildman–Crippen LogP) is 3.69. The van der Waals surface area contributed by atoms with Gasteiger partial charge in [-0.15, -0.1) is 0 Å². The van der Waals surface area contributed by atoms with Crippen molar-refractivity contribution in [2.24, 2.45) is 0 Å². The van der Waals surface area contributed by atoms with Gasteiger partial charge in [-0.25, -0.2) is 13.2 Å². The van der Waals surface area contributed by atoms with E-state index in [2.05, 4.69) is 5.32 Å². The molecule has 0 amide bonds. The van der Waals surface area contributed by atoms with Gasteiger partial charge in [0.25, 0.3) is 0 Å². The fourth-order valence-electron chi connectivity index (χ4n) is 1.87. The van der Waals surface area contributed by atoms with Gasteiger partial charge in [-0.1, -0.05) is 0 Å². The Morgan fingerprint density at radius 1 is 1.00 bits per heavy atom. The van der Waals surface area contributed by atoms with Crippen LogP contribution in [0.5, 0.6) is 11.5 Å². The van der Waals surface area contributed by atoms with Gasteiger partial charge in [0.2, 0.25) is 0 Å². The molecule has 0 radical (unpaired) electrons. The van der Waals surface area contributed by atoms with Crippen molar-refractivity contribution < 1.29 is 23.4 Å². The topological polar surface area (TPSA) is 52.5 Å². The van der Waals surface area contributed by atoms with E-state index in [1.165, 1.54) is 12.1 Å². The summed E-state index contributed by atoms with van der Waals surface area (Å²) in [5, 5.41) is 21.4. The highest BCUT2D eigenvalue weighted by molar-refractivity contribution is 5.50. The number of phenolic OH excluding ortho intramolecular Hbond substituents is 2. The Balaban J connectivity index is 2.30. The van der Waals surface area contributed by atoms with Crippen LogP contribution in [0.15, 0.2) is 30.3 Å². The first kappa shape index (κ1) is 14.0. The molecule has 20 heavy (non-hydrogen) atoms. The van der Waals surface area contributed by atoms with Gasteiger partial charge in [-0.3, -0.25) is 0 Å². The van der Waals surface area contributed by atoms with Crippen molar-refractivity contribution in [1.29, 1.82) is 0 Å². The lowest BCUT2D eigenvalue weighted by Crippen LogP contribution is -2.10. The number of halogens is 3. The average Bonchev–Trinajstić information content (AvgIpc) is 2.33. The van der Waals surface area contributed by atoms with E-state index in [9.17, 15) is 23.4 Å². The Morgan fingerprint density at radius 2 is 1.60 bits per heavy atom. The molecule has 106 valence electrons. The lowest BCUT2D eigenvalue weighted by atomic mass is 10.1. The van der Waals surface area contributed by atoms with E-state index in [0.717, 1.165) is 6.07 Å². The second kappa shape index (κ2) is 5.32. The maximum Gasteiger partial charge on any atom is 0.152 e. The van der Waals surface area contributed by atoms with E-state index in [0.29, 0.717) is 17.7 Å². The summed E-state index contributed by atoms with van der Waals surface area (Å²) in [6, 6.07) is 4.35. The fourth-order valence-corrected chi connectivity index (χ4v) is 1.87. The number of phenols is 2. The molecule has 3 N–H and O–H groups in total. The van der Waals surface area contributed by atoms with Gasteiger partial charge in [0.15, 0.2) is 11.6 Å². The summed E-state index contributed by atoms with van der Waals surface area (Å²) in [6.07, 6.45) is 0. The van der Waals surface area contributed by atoms with Gasteiger partial charge in [-0.2, -0.15) is 0 Å². The number of hydrogen-bond donors (Lipinski definition) is 3. The van der Waals surface area contributed by atoms with Crippen LogP contribution in [0.3, 0.4) is 0 Å². The summed E-state index contributed by atoms with van der Waals surface area (Å²) in [5.74, 6) is -3.48. The third-order valence-corrected chi connectivity index (χ3v) is 2.85. The minimum atomic E-state index is -1.06. The highest BCUT2D eigenvalue weighted by Gasteiger charge is 2.16. The van der Waals surface area contributed by atoms with E-state index < -0.39 is 29.2 Å². The minimum absolute atomic E-state index is 0.127. The van der Waals surface area contributed by atoms with E-state index in [1.54, 1.807) is 6.92 Å². The summed E-state index contributed by atoms with van der Waals surface area (Å²) in [4.78, 5) is 0. The summed E-state index contributed by atoms with van der Waals surface area (Å²) in [7, 11) is 0. The molecule has 1 atom stereocenters. The zero-order valence-electron chi connectivity index (χ0n) is 10.5. The number of benzene rings is 2. The van der Waals surface area contributed by atoms with E-state index in [1.807, 2.05) is 0 Å². The molecule has 3 nitrogen and oxygen atoms in total. The van der Waals surface area contributed by atoms with Gasteiger partial charge < -0.3 is 15.5 Å². The molecule has 2 aromatic rings. The number of nitrogens with one attached hydrogen (secondary N) is 1. The summed E-state index contributed by atoms with van der Waals surface area (Å²) in [6.45, 7) is 1.56. The smallest absolute Gasteiger partial charge is 0.152 e. The van der Waals surface area contributed by atoms with Crippen LogP contribution in [0.1, 0.15) is 18.5 Å². The molecule has 2 rings (SSSR count). The van der Waals surface area contributed by atoms with E-state index in [4.69, 9.17) is 0 Å². The van der Waals surface area contributed by atoms with Crippen LogP contribution in [0, 0.1) is 17.5 Å². The maximum absolute atomic E-state index is 13.5. The van der Waals surface area contributed by atoms with Crippen molar-refractivity contribution in [3.8, 4) is 11.5 Å². The molecule has 0 aliphatic heterocycles. The van der Waals surface area contributed by atoms with Crippen LogP contribution in [0.4, 0.5) is 18.9 Å². The van der Waals surface area contributed by atoms with Gasteiger partial charge in [-0.05, 0) is 19.1 Å². The molecule has 1 unspecified atom stereocenters. The molecular weight excluding hydrogens is 271 g/mol. The van der Waals surface area contributed by atoms with Crippen molar-refractivity contribution in [2.75, 3.05) is 5.32 Å². The number of hydrogen-bond acceptors (Lipinski definition) is 3. The predicted molar refractivity (Wildman–Crippen MR) is 68.1 cm³/mol. The van der Waals surface area contributed by atoms with Crippen molar-refractivity contribution in [1.82, 2.24) is 0 Å². The third-order valence-electron chi connectivity index (χ3n) is 2.85. The van der Waals surface area contributed by atoms with E-state index in [-0.39, 0.29) is 11.5 Å². The number of rotatable bonds is 3. The van der Waals surface area contributed by atoms with Crippen molar-refractivity contribution in [3.63, 3.8) is 0 Å². The molecule has 2 aromatic carbocycles. The Morgan fingerprint density at radius 3 is 2.15 bits per heavy atom. The highest BCUT2D eigenvalue weighted by Crippen LogP contribution is 2.31. The van der Waals surface area contributed by atoms with Gasteiger partial charge >= 0.3 is 0 Å². The summed E-state index contributed by atoms with van der Waals surface area (Å²) >= 11 is 0. The summed E-state index contributed by atoms with van der Waals surface area (Å²) in [5.41, 5.74) is -0.141. The molecule has 0 fully saturated rings. The third kappa shape index (κ3) is 2.79. The molecular formula is C14H12F3NO2. The first-order valence-electron chi connectivity index (χ1n) is 5.81. The first-order valence-corrected chi connectivity index (χ1v) is 5.81. The van der Waals surface area contributed by atoms with Crippen LogP contribution >= 0.6 is 0 Å². The molecule has 0 bridgehead atoms. The average molecular weight is 283 g/mol. The van der Waals surface area contributed by atoms with Crippen molar-refractivity contribution in [2.45, 2.75) is 13.0 Å². The van der Waals surface area contributed by atoms with Gasteiger partial charge in [0, 0.05) is 23.8 Å². The zero-order valence-corrected chi connectivity index (χ0v) is 10.5. The fraction of sp³-hybridized carbons (Fsp3) is 0.143. The lowest BCUT2D eigenvalue weighted by Gasteiger charge is -2.18. The van der Waals surface area contributed by atoms with E-state index >= 15 is 0 Å². The van der Waals surface area contributed by atoms with Crippen LogP contribution in [0.2, 0.25) is 0 Å². The van der Waals surface area contributed by atoms with Gasteiger partial charge in [0.1, 0.15) is 23.0 Å². The molecule has 0 heterocycles. The Kier molecular flexibility index (Phi) is 3.74. The second-order valence-corrected chi connectivity index (χ2v) is 4.35. The van der Waals surface area contributed by atoms with Crippen molar-refractivity contribution in [3.05, 3.63) is 53.3 Å². The Bertz CT molecular complexity index is 623. The monoisotopic (exact) mass is 283 g/mol. The number of aromatic hydroxyl groups is 2. The van der Waals surface area contributed by atoms with Crippen LogP contribution < -0.4 is 5.32 Å². The maximum atomic E-state index is 13.5. The highest BCUT2D eigenvalue weighted by atomic mass is 19.1. The summed E-state index contributed by atoms with van der Waals surface area (Å²) < 4.78 is 39.8. The second-order valence-electron chi connectivity index (χ2n) is 4.35. The van der Waals surface area contributed by atoms with Crippen LogP contribution in [0.25, 0.3) is 0 Å². The first-order chi connectivity index (χ1) is 9.38. The molecule has 0 saturated heterocycles. The largest absolute Gasteiger partial charge is 0.508 e. The van der Waals surface area contributed by atoms with Crippen LogP contribution in [-0.2, 0) is 0 Å². The van der Waals surface area contributed by atoms with Gasteiger partial charge in [0.05, 0.1) is 6.04 Å².